The van der Waals surface area contributed by atoms with Crippen LogP contribution in [0.2, 0.25) is 0 Å². The number of anilines is 1. The van der Waals surface area contributed by atoms with Gasteiger partial charge in [-0.3, -0.25) is 9.10 Å². The summed E-state index contributed by atoms with van der Waals surface area (Å²) in [6.45, 7) is 5.28. The van der Waals surface area contributed by atoms with Gasteiger partial charge in [-0.2, -0.15) is 0 Å². The van der Waals surface area contributed by atoms with Gasteiger partial charge in [-0.15, -0.1) is 0 Å². The van der Waals surface area contributed by atoms with E-state index in [-0.39, 0.29) is 5.69 Å². The number of rotatable bonds is 7. The van der Waals surface area contributed by atoms with Gasteiger partial charge in [-0.1, -0.05) is 30.3 Å². The van der Waals surface area contributed by atoms with Crippen molar-refractivity contribution in [3.05, 3.63) is 66.0 Å². The van der Waals surface area contributed by atoms with Crippen LogP contribution in [0.5, 0.6) is 0 Å². The summed E-state index contributed by atoms with van der Waals surface area (Å²) >= 11 is 0. The zero-order chi connectivity index (χ0) is 20.2. The zero-order valence-corrected chi connectivity index (χ0v) is 16.8. The van der Waals surface area contributed by atoms with Crippen LogP contribution in [0.1, 0.15) is 26.3 Å². The molecule has 1 atom stereocenters. The van der Waals surface area contributed by atoms with Crippen molar-refractivity contribution in [3.63, 3.8) is 0 Å². The number of halogens is 1. The Morgan fingerprint density at radius 1 is 1.11 bits per heavy atom. The lowest BCUT2D eigenvalue weighted by Gasteiger charge is -2.32. The Morgan fingerprint density at radius 3 is 2.19 bits per heavy atom. The second-order valence-electron chi connectivity index (χ2n) is 7.25. The quantitative estimate of drug-likeness (QED) is 0.787. The van der Waals surface area contributed by atoms with Gasteiger partial charge in [0.2, 0.25) is 15.9 Å². The molecular formula is C20H25FN2O3S. The number of nitrogens with zero attached hydrogens (tertiary/aromatic N) is 1. The maximum absolute atomic E-state index is 13.2. The van der Waals surface area contributed by atoms with Gasteiger partial charge in [0.15, 0.2) is 0 Å². The Balaban J connectivity index is 2.20. The lowest BCUT2D eigenvalue weighted by atomic mass is 9.94. The van der Waals surface area contributed by atoms with Gasteiger partial charge in [-0.05, 0) is 57.0 Å². The molecule has 0 aliphatic heterocycles. The van der Waals surface area contributed by atoms with Crippen molar-refractivity contribution >= 4 is 21.6 Å². The molecule has 0 aromatic heterocycles. The summed E-state index contributed by atoms with van der Waals surface area (Å²) in [5, 5.41) is 2.92. The molecule has 0 spiro atoms. The SMILES string of the molecule is C[C@H](C(=O)NC(C)(C)Cc1ccccc1)N(c1ccc(F)cc1)S(C)(=O)=O. The molecule has 146 valence electrons. The Morgan fingerprint density at radius 2 is 1.67 bits per heavy atom. The van der Waals surface area contributed by atoms with E-state index in [4.69, 9.17) is 0 Å². The van der Waals surface area contributed by atoms with Crippen LogP contribution >= 0.6 is 0 Å². The summed E-state index contributed by atoms with van der Waals surface area (Å²) in [5.41, 5.74) is 0.731. The minimum absolute atomic E-state index is 0.238. The number of amides is 1. The van der Waals surface area contributed by atoms with E-state index in [0.29, 0.717) is 6.42 Å². The van der Waals surface area contributed by atoms with Crippen LogP contribution in [0.4, 0.5) is 10.1 Å². The van der Waals surface area contributed by atoms with E-state index < -0.39 is 33.3 Å². The highest BCUT2D eigenvalue weighted by atomic mass is 32.2. The average Bonchev–Trinajstić information content (AvgIpc) is 2.55. The zero-order valence-electron chi connectivity index (χ0n) is 15.9. The predicted molar refractivity (Wildman–Crippen MR) is 106 cm³/mol. The summed E-state index contributed by atoms with van der Waals surface area (Å²) in [4.78, 5) is 12.8. The molecule has 0 fully saturated rings. The molecule has 0 radical (unpaired) electrons. The fourth-order valence-electron chi connectivity index (χ4n) is 2.99. The summed E-state index contributed by atoms with van der Waals surface area (Å²) in [6.07, 6.45) is 1.62. The van der Waals surface area contributed by atoms with Gasteiger partial charge in [0.1, 0.15) is 11.9 Å². The third kappa shape index (κ3) is 5.79. The standard InChI is InChI=1S/C20H25FN2O3S/c1-15(23(27(4,25)26)18-12-10-17(21)11-13-18)19(24)22-20(2,3)14-16-8-6-5-7-9-16/h5-13,15H,14H2,1-4H3,(H,22,24)/t15-/m1/s1. The van der Waals surface area contributed by atoms with Crippen LogP contribution in [0.3, 0.4) is 0 Å². The Bertz CT molecular complexity index is 881. The van der Waals surface area contributed by atoms with Gasteiger partial charge >= 0.3 is 0 Å². The third-order valence-corrected chi connectivity index (χ3v) is 5.36. The van der Waals surface area contributed by atoms with Crippen LogP contribution in [0.15, 0.2) is 54.6 Å². The second kappa shape index (κ2) is 8.08. The molecule has 0 saturated carbocycles. The van der Waals surface area contributed by atoms with Crippen LogP contribution in [0, 0.1) is 5.82 Å². The smallest absolute Gasteiger partial charge is 0.244 e. The number of nitrogens with one attached hydrogen (secondary N) is 1. The van der Waals surface area contributed by atoms with E-state index in [1.165, 1.54) is 19.1 Å². The molecule has 5 nitrogen and oxygen atoms in total. The van der Waals surface area contributed by atoms with Crippen LogP contribution < -0.4 is 9.62 Å². The Kier molecular flexibility index (Phi) is 6.26. The third-order valence-electron chi connectivity index (χ3n) is 4.12. The largest absolute Gasteiger partial charge is 0.349 e. The van der Waals surface area contributed by atoms with Crippen molar-refractivity contribution < 1.29 is 17.6 Å². The van der Waals surface area contributed by atoms with Crippen molar-refractivity contribution in [3.8, 4) is 0 Å². The lowest BCUT2D eigenvalue weighted by Crippen LogP contribution is -2.54. The molecule has 0 unspecified atom stereocenters. The number of sulfonamides is 1. The summed E-state index contributed by atoms with van der Waals surface area (Å²) in [7, 11) is -3.74. The van der Waals surface area contributed by atoms with Crippen LogP contribution in [-0.4, -0.2) is 32.2 Å². The molecule has 27 heavy (non-hydrogen) atoms. The molecule has 0 bridgehead atoms. The van der Waals surface area contributed by atoms with E-state index in [1.54, 1.807) is 0 Å². The molecule has 1 N–H and O–H groups in total. The number of benzene rings is 2. The summed E-state index contributed by atoms with van der Waals surface area (Å²) < 4.78 is 38.7. The molecule has 2 aromatic carbocycles. The van der Waals surface area contributed by atoms with E-state index in [2.05, 4.69) is 5.32 Å². The highest BCUT2D eigenvalue weighted by molar-refractivity contribution is 7.92. The first kappa shape index (κ1) is 20.9. The predicted octanol–water partition coefficient (Wildman–Crippen LogP) is 3.12. The first-order valence-corrected chi connectivity index (χ1v) is 10.5. The van der Waals surface area contributed by atoms with Crippen LogP contribution in [-0.2, 0) is 21.2 Å². The molecule has 0 saturated heterocycles. The molecule has 0 heterocycles. The number of carbonyl (C=O) groups is 1. The van der Waals surface area contributed by atoms with E-state index >= 15 is 0 Å². The molecular weight excluding hydrogens is 367 g/mol. The first-order valence-electron chi connectivity index (χ1n) is 8.60. The van der Waals surface area contributed by atoms with Gasteiger partial charge in [0.25, 0.3) is 0 Å². The van der Waals surface area contributed by atoms with Gasteiger partial charge < -0.3 is 5.32 Å². The Hall–Kier alpha value is -2.41. The van der Waals surface area contributed by atoms with E-state index in [1.807, 2.05) is 44.2 Å². The van der Waals surface area contributed by atoms with Gasteiger partial charge in [-0.25, -0.2) is 12.8 Å². The van der Waals surface area contributed by atoms with Gasteiger partial charge in [0, 0.05) is 5.54 Å². The maximum atomic E-state index is 13.2. The number of hydrogen-bond donors (Lipinski definition) is 1. The molecule has 1 amide bonds. The average molecular weight is 392 g/mol. The van der Waals surface area contributed by atoms with Crippen molar-refractivity contribution in [2.75, 3.05) is 10.6 Å². The van der Waals surface area contributed by atoms with Crippen molar-refractivity contribution in [1.82, 2.24) is 5.32 Å². The molecule has 0 aliphatic carbocycles. The number of hydrogen-bond acceptors (Lipinski definition) is 3. The van der Waals surface area contributed by atoms with Crippen LogP contribution in [0.25, 0.3) is 0 Å². The normalized spacial score (nSPS) is 13.1. The second-order valence-corrected chi connectivity index (χ2v) is 9.11. The van der Waals surface area contributed by atoms with Crippen molar-refractivity contribution in [2.45, 2.75) is 38.8 Å². The lowest BCUT2D eigenvalue weighted by molar-refractivity contribution is -0.123. The highest BCUT2D eigenvalue weighted by Gasteiger charge is 2.32. The highest BCUT2D eigenvalue weighted by Crippen LogP contribution is 2.22. The Labute approximate surface area is 160 Å². The topological polar surface area (TPSA) is 66.5 Å². The summed E-state index contributed by atoms with van der Waals surface area (Å²) in [6, 6.07) is 13.7. The minimum Gasteiger partial charge on any atom is -0.349 e. The van der Waals surface area contributed by atoms with Crippen molar-refractivity contribution in [2.24, 2.45) is 0 Å². The molecule has 0 aliphatic rings. The molecule has 2 aromatic rings. The first-order chi connectivity index (χ1) is 12.5. The number of carbonyl (C=O) groups excluding carboxylic acids is 1. The monoisotopic (exact) mass is 392 g/mol. The van der Waals surface area contributed by atoms with E-state index in [9.17, 15) is 17.6 Å². The minimum atomic E-state index is -3.74. The van der Waals surface area contributed by atoms with Gasteiger partial charge in [0.05, 0.1) is 11.9 Å². The fraction of sp³-hybridized carbons (Fsp3) is 0.350. The van der Waals surface area contributed by atoms with E-state index in [0.717, 1.165) is 28.3 Å². The maximum Gasteiger partial charge on any atom is 0.244 e. The fourth-order valence-corrected chi connectivity index (χ4v) is 4.16. The van der Waals surface area contributed by atoms with Crippen molar-refractivity contribution in [1.29, 1.82) is 0 Å². The molecule has 7 heteroatoms. The molecule has 2 rings (SSSR count). The summed E-state index contributed by atoms with van der Waals surface area (Å²) in [5.74, 6) is -0.904.